The molecule has 28 heavy (non-hydrogen) atoms. The van der Waals surface area contributed by atoms with Crippen LogP contribution in [0.5, 0.6) is 0 Å². The fraction of sp³-hybridized carbons (Fsp3) is 0.778. The quantitative estimate of drug-likeness (QED) is 0.168. The Balaban J connectivity index is 1.93. The van der Waals surface area contributed by atoms with Gasteiger partial charge in [-0.15, -0.1) is 11.6 Å². The molecule has 0 radical (unpaired) electrons. The lowest BCUT2D eigenvalue weighted by atomic mass is 9.85. The van der Waals surface area contributed by atoms with Gasteiger partial charge in [0.15, 0.2) is 0 Å². The molecular formula is C27H47Cl. The Labute approximate surface area is 181 Å². The first kappa shape index (κ1) is 25.5. The van der Waals surface area contributed by atoms with E-state index in [1.54, 1.807) is 0 Å². The zero-order valence-corrected chi connectivity index (χ0v) is 19.9. The number of unbranched alkanes of at least 4 members (excludes halogenated alkanes) is 13. The van der Waals surface area contributed by atoms with Crippen molar-refractivity contribution in [3.63, 3.8) is 0 Å². The third-order valence-electron chi connectivity index (χ3n) is 6.41. The zero-order valence-electron chi connectivity index (χ0n) is 19.2. The molecule has 0 aliphatic heterocycles. The third kappa shape index (κ3) is 12.9. The highest BCUT2D eigenvalue weighted by atomic mass is 35.5. The Hall–Kier alpha value is -0.490. The van der Waals surface area contributed by atoms with Crippen LogP contribution in [0.15, 0.2) is 30.3 Å². The largest absolute Gasteiger partial charge is 0.119 e. The van der Waals surface area contributed by atoms with E-state index >= 15 is 0 Å². The highest BCUT2D eigenvalue weighted by Crippen LogP contribution is 2.32. The molecule has 0 bridgehead atoms. The molecule has 162 valence electrons. The minimum Gasteiger partial charge on any atom is -0.119 e. The van der Waals surface area contributed by atoms with Crippen LogP contribution in [0, 0.1) is 5.92 Å². The van der Waals surface area contributed by atoms with Crippen LogP contribution in [-0.2, 0) is 6.42 Å². The van der Waals surface area contributed by atoms with Gasteiger partial charge in [0.1, 0.15) is 0 Å². The molecule has 0 fully saturated rings. The van der Waals surface area contributed by atoms with E-state index in [2.05, 4.69) is 51.1 Å². The molecular weight excluding hydrogens is 360 g/mol. The van der Waals surface area contributed by atoms with Crippen LogP contribution in [0.1, 0.15) is 123 Å². The number of halogens is 1. The van der Waals surface area contributed by atoms with Crippen molar-refractivity contribution in [1.29, 1.82) is 0 Å². The topological polar surface area (TPSA) is 0 Å². The van der Waals surface area contributed by atoms with Gasteiger partial charge in [-0.1, -0.05) is 134 Å². The summed E-state index contributed by atoms with van der Waals surface area (Å²) >= 11 is 6.88. The van der Waals surface area contributed by atoms with Crippen molar-refractivity contribution in [1.82, 2.24) is 0 Å². The van der Waals surface area contributed by atoms with Crippen LogP contribution >= 0.6 is 11.6 Å². The van der Waals surface area contributed by atoms with Crippen molar-refractivity contribution < 1.29 is 0 Å². The predicted octanol–water partition coefficient (Wildman–Crippen LogP) is 9.73. The van der Waals surface area contributed by atoms with Gasteiger partial charge in [0.05, 0.1) is 0 Å². The molecule has 0 aliphatic rings. The van der Waals surface area contributed by atoms with Crippen molar-refractivity contribution >= 4 is 11.6 Å². The van der Waals surface area contributed by atoms with Crippen LogP contribution in [0.4, 0.5) is 0 Å². The summed E-state index contributed by atoms with van der Waals surface area (Å²) in [5.74, 6) is 0.562. The monoisotopic (exact) mass is 406 g/mol. The fourth-order valence-corrected chi connectivity index (χ4v) is 4.38. The van der Waals surface area contributed by atoms with Crippen molar-refractivity contribution in [2.75, 3.05) is 0 Å². The summed E-state index contributed by atoms with van der Waals surface area (Å²) in [5, 5.41) is 0. The van der Waals surface area contributed by atoms with Gasteiger partial charge in [0.25, 0.3) is 0 Å². The molecule has 1 rings (SSSR count). The second-order valence-electron chi connectivity index (χ2n) is 9.23. The van der Waals surface area contributed by atoms with Gasteiger partial charge in [-0.2, -0.15) is 0 Å². The van der Waals surface area contributed by atoms with E-state index in [1.165, 1.54) is 102 Å². The Kier molecular flexibility index (Phi) is 14.9. The van der Waals surface area contributed by atoms with Crippen LogP contribution in [0.3, 0.4) is 0 Å². The number of benzene rings is 1. The molecule has 2 unspecified atom stereocenters. The molecule has 0 aliphatic carbocycles. The minimum absolute atomic E-state index is 0.127. The molecule has 0 amide bonds. The highest BCUT2D eigenvalue weighted by Gasteiger charge is 2.28. The van der Waals surface area contributed by atoms with Crippen molar-refractivity contribution in [2.24, 2.45) is 5.92 Å². The maximum Gasteiger partial charge on any atom is 0.0484 e. The summed E-state index contributed by atoms with van der Waals surface area (Å²) in [5.41, 5.74) is 1.35. The van der Waals surface area contributed by atoms with Gasteiger partial charge in [-0.3, -0.25) is 0 Å². The molecule has 0 N–H and O–H groups in total. The number of alkyl halides is 1. The molecule has 2 atom stereocenters. The highest BCUT2D eigenvalue weighted by molar-refractivity contribution is 6.24. The standard InChI is InChI=1S/C27H47Cl/c1-4-5-6-7-8-9-10-11-12-13-14-15-16-18-21-25(2)27(3,28)24-26-22-19-17-20-23-26/h17,19-20,22-23,25H,4-16,18,21,24H2,1-3H3. The van der Waals surface area contributed by atoms with Gasteiger partial charge in [-0.05, 0) is 31.2 Å². The number of rotatable bonds is 18. The van der Waals surface area contributed by atoms with E-state index in [0.29, 0.717) is 5.92 Å². The summed E-state index contributed by atoms with van der Waals surface area (Å²) in [6.45, 7) is 6.84. The average Bonchev–Trinajstić information content (AvgIpc) is 2.68. The SMILES string of the molecule is CCCCCCCCCCCCCCCCC(C)C(C)(Cl)Cc1ccccc1. The molecule has 0 aromatic heterocycles. The molecule has 0 heterocycles. The molecule has 0 nitrogen and oxygen atoms in total. The van der Waals surface area contributed by atoms with Gasteiger partial charge < -0.3 is 0 Å². The van der Waals surface area contributed by atoms with Crippen LogP contribution < -0.4 is 0 Å². The molecule has 0 saturated heterocycles. The van der Waals surface area contributed by atoms with E-state index in [9.17, 15) is 0 Å². The lowest BCUT2D eigenvalue weighted by Crippen LogP contribution is -2.29. The summed E-state index contributed by atoms with van der Waals surface area (Å²) in [7, 11) is 0. The fourth-order valence-electron chi connectivity index (χ4n) is 4.12. The Morgan fingerprint density at radius 2 is 1.14 bits per heavy atom. The van der Waals surface area contributed by atoms with E-state index < -0.39 is 0 Å². The van der Waals surface area contributed by atoms with Crippen LogP contribution in [0.25, 0.3) is 0 Å². The Bertz CT molecular complexity index is 451. The van der Waals surface area contributed by atoms with Crippen molar-refractivity contribution in [3.05, 3.63) is 35.9 Å². The van der Waals surface area contributed by atoms with E-state index in [4.69, 9.17) is 11.6 Å². The lowest BCUT2D eigenvalue weighted by molar-refractivity contribution is 0.376. The summed E-state index contributed by atoms with van der Waals surface area (Å²) < 4.78 is 0. The second kappa shape index (κ2) is 16.3. The number of hydrogen-bond donors (Lipinski definition) is 0. The van der Waals surface area contributed by atoms with E-state index in [-0.39, 0.29) is 4.87 Å². The molecule has 1 aromatic rings. The van der Waals surface area contributed by atoms with E-state index in [1.807, 2.05) is 0 Å². The number of hydrogen-bond acceptors (Lipinski definition) is 0. The molecule has 1 aromatic carbocycles. The van der Waals surface area contributed by atoms with Gasteiger partial charge in [-0.25, -0.2) is 0 Å². The lowest BCUT2D eigenvalue weighted by Gasteiger charge is -2.29. The van der Waals surface area contributed by atoms with E-state index in [0.717, 1.165) is 6.42 Å². The third-order valence-corrected chi connectivity index (χ3v) is 6.92. The van der Waals surface area contributed by atoms with Crippen LogP contribution in [0.2, 0.25) is 0 Å². The average molecular weight is 407 g/mol. The van der Waals surface area contributed by atoms with Gasteiger partial charge >= 0.3 is 0 Å². The summed E-state index contributed by atoms with van der Waals surface area (Å²) in [6.07, 6.45) is 22.2. The summed E-state index contributed by atoms with van der Waals surface area (Å²) in [6, 6.07) is 10.7. The zero-order chi connectivity index (χ0) is 20.5. The molecule has 0 saturated carbocycles. The molecule has 1 heteroatoms. The second-order valence-corrected chi connectivity index (χ2v) is 10.1. The van der Waals surface area contributed by atoms with Gasteiger partial charge in [0, 0.05) is 4.87 Å². The predicted molar refractivity (Wildman–Crippen MR) is 128 cm³/mol. The Morgan fingerprint density at radius 1 is 0.714 bits per heavy atom. The molecule has 0 spiro atoms. The first-order valence-electron chi connectivity index (χ1n) is 12.3. The first-order valence-corrected chi connectivity index (χ1v) is 12.7. The Morgan fingerprint density at radius 3 is 1.61 bits per heavy atom. The summed E-state index contributed by atoms with van der Waals surface area (Å²) in [4.78, 5) is -0.127. The smallest absolute Gasteiger partial charge is 0.0484 e. The maximum absolute atomic E-state index is 6.88. The maximum atomic E-state index is 6.88. The van der Waals surface area contributed by atoms with Crippen LogP contribution in [-0.4, -0.2) is 4.87 Å². The normalized spacial score (nSPS) is 14.7. The van der Waals surface area contributed by atoms with Crippen molar-refractivity contribution in [3.8, 4) is 0 Å². The first-order chi connectivity index (χ1) is 13.6. The van der Waals surface area contributed by atoms with Gasteiger partial charge in [0.2, 0.25) is 0 Å². The minimum atomic E-state index is -0.127. The van der Waals surface area contributed by atoms with Crippen molar-refractivity contribution in [2.45, 2.75) is 128 Å².